The minimum atomic E-state index is -1.56. The molecular formula is C20H16F3N3O2. The summed E-state index contributed by atoms with van der Waals surface area (Å²) in [5.74, 6) is -3.46. The molecule has 0 unspecified atom stereocenters. The fourth-order valence-corrected chi connectivity index (χ4v) is 2.30. The maximum atomic E-state index is 13.7. The average molecular weight is 387 g/mol. The average Bonchev–Trinajstić information content (AvgIpc) is 2.71. The van der Waals surface area contributed by atoms with Crippen molar-refractivity contribution in [3.8, 4) is 5.75 Å². The van der Waals surface area contributed by atoms with E-state index in [1.807, 2.05) is 18.2 Å². The van der Waals surface area contributed by atoms with Crippen LogP contribution in [0.15, 0.2) is 60.8 Å². The first-order chi connectivity index (χ1) is 13.5. The van der Waals surface area contributed by atoms with Gasteiger partial charge in [-0.3, -0.25) is 4.79 Å². The number of carbonyl (C=O) groups excluding carboxylic acids is 1. The molecule has 1 heterocycles. The Bertz CT molecular complexity index is 951. The van der Waals surface area contributed by atoms with Gasteiger partial charge in [0, 0.05) is 0 Å². The lowest BCUT2D eigenvalue weighted by molar-refractivity contribution is -0.116. The molecule has 0 aliphatic heterocycles. The molecule has 0 saturated heterocycles. The van der Waals surface area contributed by atoms with E-state index >= 15 is 0 Å². The molecule has 0 atom stereocenters. The molecule has 0 saturated carbocycles. The van der Waals surface area contributed by atoms with E-state index in [0.29, 0.717) is 17.3 Å². The Labute approximate surface area is 159 Å². The second kappa shape index (κ2) is 8.90. The number of benzene rings is 2. The standard InChI is InChI=1S/C20H16F3N3O2/c21-15-7-8-16(20(23)19(15)22)25-13-6-9-17(24-12-13)26-18(27)10-11-28-14-4-2-1-3-5-14/h1-9,12,25H,10-11H2,(H,24,26,27). The van der Waals surface area contributed by atoms with Crippen molar-refractivity contribution in [2.24, 2.45) is 0 Å². The Kier molecular flexibility index (Phi) is 6.11. The lowest BCUT2D eigenvalue weighted by Gasteiger charge is -2.10. The van der Waals surface area contributed by atoms with Crippen molar-refractivity contribution in [2.45, 2.75) is 6.42 Å². The first-order valence-electron chi connectivity index (χ1n) is 8.37. The van der Waals surface area contributed by atoms with Gasteiger partial charge in [0.05, 0.1) is 30.6 Å². The first-order valence-corrected chi connectivity index (χ1v) is 8.37. The highest BCUT2D eigenvalue weighted by Gasteiger charge is 2.13. The zero-order valence-corrected chi connectivity index (χ0v) is 14.6. The number of pyridine rings is 1. The number of hydrogen-bond donors (Lipinski definition) is 2. The number of hydrogen-bond acceptors (Lipinski definition) is 4. The predicted octanol–water partition coefficient (Wildman–Crippen LogP) is 4.65. The molecule has 3 rings (SSSR count). The van der Waals surface area contributed by atoms with Gasteiger partial charge in [0.1, 0.15) is 11.6 Å². The number of aromatic nitrogens is 1. The number of nitrogens with zero attached hydrogens (tertiary/aromatic N) is 1. The smallest absolute Gasteiger partial charge is 0.228 e. The van der Waals surface area contributed by atoms with Crippen LogP contribution in [0.25, 0.3) is 0 Å². The van der Waals surface area contributed by atoms with Crippen molar-refractivity contribution in [1.29, 1.82) is 0 Å². The van der Waals surface area contributed by atoms with Crippen LogP contribution in [0.3, 0.4) is 0 Å². The Balaban J connectivity index is 1.51. The molecule has 144 valence electrons. The fourth-order valence-electron chi connectivity index (χ4n) is 2.30. The molecule has 5 nitrogen and oxygen atoms in total. The van der Waals surface area contributed by atoms with Crippen LogP contribution in [-0.4, -0.2) is 17.5 Å². The molecule has 2 N–H and O–H groups in total. The van der Waals surface area contributed by atoms with Crippen molar-refractivity contribution in [3.05, 3.63) is 78.2 Å². The molecule has 28 heavy (non-hydrogen) atoms. The Morgan fingerprint density at radius 3 is 2.46 bits per heavy atom. The van der Waals surface area contributed by atoms with E-state index in [-0.39, 0.29) is 24.6 Å². The summed E-state index contributed by atoms with van der Waals surface area (Å²) in [5, 5.41) is 5.20. The van der Waals surface area contributed by atoms with E-state index in [2.05, 4.69) is 15.6 Å². The third-order valence-electron chi connectivity index (χ3n) is 3.69. The highest BCUT2D eigenvalue weighted by molar-refractivity contribution is 5.89. The van der Waals surface area contributed by atoms with Crippen LogP contribution in [0.2, 0.25) is 0 Å². The van der Waals surface area contributed by atoms with E-state index in [1.165, 1.54) is 18.3 Å². The molecule has 2 aromatic carbocycles. The van der Waals surface area contributed by atoms with Crippen LogP contribution in [0.4, 0.5) is 30.4 Å². The third kappa shape index (κ3) is 5.00. The zero-order chi connectivity index (χ0) is 19.9. The van der Waals surface area contributed by atoms with Crippen molar-refractivity contribution >= 4 is 23.1 Å². The van der Waals surface area contributed by atoms with Gasteiger partial charge in [-0.1, -0.05) is 18.2 Å². The van der Waals surface area contributed by atoms with E-state index in [9.17, 15) is 18.0 Å². The molecule has 0 bridgehead atoms. The van der Waals surface area contributed by atoms with E-state index in [0.717, 1.165) is 12.1 Å². The van der Waals surface area contributed by atoms with Gasteiger partial charge in [-0.15, -0.1) is 0 Å². The Morgan fingerprint density at radius 2 is 1.75 bits per heavy atom. The Morgan fingerprint density at radius 1 is 0.964 bits per heavy atom. The minimum Gasteiger partial charge on any atom is -0.493 e. The summed E-state index contributed by atoms with van der Waals surface area (Å²) in [6.45, 7) is 0.213. The van der Waals surface area contributed by atoms with Crippen molar-refractivity contribution in [1.82, 2.24) is 4.98 Å². The second-order valence-electron chi connectivity index (χ2n) is 5.74. The predicted molar refractivity (Wildman–Crippen MR) is 99.0 cm³/mol. The van der Waals surface area contributed by atoms with Gasteiger partial charge in [-0.25, -0.2) is 18.2 Å². The van der Waals surface area contributed by atoms with Gasteiger partial charge in [0.15, 0.2) is 17.5 Å². The maximum absolute atomic E-state index is 13.7. The Hall–Kier alpha value is -3.55. The quantitative estimate of drug-likeness (QED) is 0.580. The SMILES string of the molecule is O=C(CCOc1ccccc1)Nc1ccc(Nc2ccc(F)c(F)c2F)cn1. The van der Waals surface area contributed by atoms with E-state index in [4.69, 9.17) is 4.74 Å². The summed E-state index contributed by atoms with van der Waals surface area (Å²) < 4.78 is 45.3. The number of halogens is 3. The summed E-state index contributed by atoms with van der Waals surface area (Å²) in [4.78, 5) is 15.9. The summed E-state index contributed by atoms with van der Waals surface area (Å²) >= 11 is 0. The molecule has 8 heteroatoms. The van der Waals surface area contributed by atoms with Gasteiger partial charge in [-0.05, 0) is 36.4 Å². The molecule has 0 aliphatic carbocycles. The zero-order valence-electron chi connectivity index (χ0n) is 14.6. The summed E-state index contributed by atoms with van der Waals surface area (Å²) in [5.41, 5.74) is 0.117. The van der Waals surface area contributed by atoms with Crippen LogP contribution >= 0.6 is 0 Å². The number of rotatable bonds is 7. The van der Waals surface area contributed by atoms with Gasteiger partial charge in [0.25, 0.3) is 0 Å². The summed E-state index contributed by atoms with van der Waals surface area (Å²) in [6.07, 6.45) is 1.47. The van der Waals surface area contributed by atoms with Crippen LogP contribution in [0.1, 0.15) is 6.42 Å². The fraction of sp³-hybridized carbons (Fsp3) is 0.100. The molecule has 1 aromatic heterocycles. The van der Waals surface area contributed by atoms with Crippen molar-refractivity contribution in [3.63, 3.8) is 0 Å². The van der Waals surface area contributed by atoms with Gasteiger partial charge >= 0.3 is 0 Å². The van der Waals surface area contributed by atoms with Crippen molar-refractivity contribution < 1.29 is 22.7 Å². The number of amides is 1. The lowest BCUT2D eigenvalue weighted by atomic mass is 10.2. The minimum absolute atomic E-state index is 0.136. The monoisotopic (exact) mass is 387 g/mol. The summed E-state index contributed by atoms with van der Waals surface area (Å²) in [6, 6.07) is 14.0. The molecule has 1 amide bonds. The van der Waals surface area contributed by atoms with Crippen molar-refractivity contribution in [2.75, 3.05) is 17.2 Å². The van der Waals surface area contributed by atoms with Gasteiger partial charge in [-0.2, -0.15) is 0 Å². The second-order valence-corrected chi connectivity index (χ2v) is 5.74. The number of carbonyl (C=O) groups is 1. The third-order valence-corrected chi connectivity index (χ3v) is 3.69. The number of para-hydroxylation sites is 1. The molecule has 0 spiro atoms. The maximum Gasteiger partial charge on any atom is 0.228 e. The number of nitrogens with one attached hydrogen (secondary N) is 2. The summed E-state index contributed by atoms with van der Waals surface area (Å²) in [7, 11) is 0. The van der Waals surface area contributed by atoms with E-state index in [1.54, 1.807) is 12.1 Å². The molecule has 3 aromatic rings. The molecule has 0 aliphatic rings. The van der Waals surface area contributed by atoms with E-state index < -0.39 is 17.5 Å². The largest absolute Gasteiger partial charge is 0.493 e. The highest BCUT2D eigenvalue weighted by Crippen LogP contribution is 2.23. The normalized spacial score (nSPS) is 10.4. The van der Waals surface area contributed by atoms with Crippen LogP contribution in [-0.2, 0) is 4.79 Å². The van der Waals surface area contributed by atoms with Crippen LogP contribution in [0.5, 0.6) is 5.75 Å². The van der Waals surface area contributed by atoms with Crippen LogP contribution < -0.4 is 15.4 Å². The highest BCUT2D eigenvalue weighted by atomic mass is 19.2. The lowest BCUT2D eigenvalue weighted by Crippen LogP contribution is -2.16. The van der Waals surface area contributed by atoms with Gasteiger partial charge < -0.3 is 15.4 Å². The topological polar surface area (TPSA) is 63.2 Å². The van der Waals surface area contributed by atoms with Gasteiger partial charge in [0.2, 0.25) is 5.91 Å². The number of anilines is 3. The van der Waals surface area contributed by atoms with Crippen LogP contribution in [0, 0.1) is 17.5 Å². The molecule has 0 radical (unpaired) electrons. The first kappa shape index (κ1) is 19.2. The number of ether oxygens (including phenoxy) is 1. The molecular weight excluding hydrogens is 371 g/mol. The molecule has 0 fully saturated rings.